The van der Waals surface area contributed by atoms with Gasteiger partial charge in [0.05, 0.1) is 5.75 Å². The third-order valence-electron chi connectivity index (χ3n) is 3.95. The molecular formula is C15H19N3O2S. The van der Waals surface area contributed by atoms with Crippen LogP contribution in [0.25, 0.3) is 11.2 Å². The van der Waals surface area contributed by atoms with Gasteiger partial charge in [0.15, 0.2) is 10.8 Å². The van der Waals surface area contributed by atoms with Gasteiger partial charge in [-0.15, -0.1) is 0 Å². The van der Waals surface area contributed by atoms with Gasteiger partial charge in [0.25, 0.3) is 0 Å². The molecule has 0 bridgehead atoms. The summed E-state index contributed by atoms with van der Waals surface area (Å²) in [6.45, 7) is 4.22. The fourth-order valence-corrected chi connectivity index (χ4v) is 3.62. The van der Waals surface area contributed by atoms with Gasteiger partial charge in [-0.3, -0.25) is 4.79 Å². The van der Waals surface area contributed by atoms with E-state index in [4.69, 9.17) is 5.11 Å². The largest absolute Gasteiger partial charge is 0.481 e. The maximum atomic E-state index is 10.8. The molecule has 1 saturated carbocycles. The highest BCUT2D eigenvalue weighted by Gasteiger charge is 2.40. The smallest absolute Gasteiger partial charge is 0.313 e. The molecule has 0 spiro atoms. The van der Waals surface area contributed by atoms with Crippen LogP contribution < -0.4 is 0 Å². The Bertz CT molecular complexity index is 683. The lowest BCUT2D eigenvalue weighted by molar-refractivity contribution is -0.133. The number of thioether (sulfide) groups is 1. The number of nitrogens with zero attached hydrogens (tertiary/aromatic N) is 3. The zero-order chi connectivity index (χ0) is 15.0. The summed E-state index contributed by atoms with van der Waals surface area (Å²) in [6, 6.07) is 2.38. The Morgan fingerprint density at radius 1 is 1.57 bits per heavy atom. The van der Waals surface area contributed by atoms with Crippen LogP contribution in [0.1, 0.15) is 37.8 Å². The van der Waals surface area contributed by atoms with E-state index in [1.165, 1.54) is 24.6 Å². The molecule has 2 heterocycles. The first-order valence-electron chi connectivity index (χ1n) is 7.30. The minimum atomic E-state index is -0.816. The van der Waals surface area contributed by atoms with Crippen LogP contribution in [-0.4, -0.2) is 31.4 Å². The van der Waals surface area contributed by atoms with Crippen molar-refractivity contribution >= 4 is 28.9 Å². The van der Waals surface area contributed by atoms with Gasteiger partial charge in [-0.2, -0.15) is 0 Å². The minimum absolute atomic E-state index is 0.0353. The molecule has 2 aromatic heterocycles. The molecule has 1 aliphatic rings. The Kier molecular flexibility index (Phi) is 3.89. The van der Waals surface area contributed by atoms with Gasteiger partial charge >= 0.3 is 5.97 Å². The normalized spacial score (nSPS) is 20.9. The summed E-state index contributed by atoms with van der Waals surface area (Å²) in [5.41, 5.74) is 2.88. The molecule has 21 heavy (non-hydrogen) atoms. The van der Waals surface area contributed by atoms with E-state index >= 15 is 0 Å². The van der Waals surface area contributed by atoms with E-state index in [1.54, 1.807) is 6.20 Å². The van der Waals surface area contributed by atoms with Gasteiger partial charge in [0.1, 0.15) is 5.52 Å². The van der Waals surface area contributed by atoms with Gasteiger partial charge in [-0.25, -0.2) is 9.97 Å². The summed E-state index contributed by atoms with van der Waals surface area (Å²) in [5.74, 6) is -0.101. The van der Waals surface area contributed by atoms with Gasteiger partial charge < -0.3 is 9.67 Å². The lowest BCUT2D eigenvalue weighted by Crippen LogP contribution is -2.03. The zero-order valence-corrected chi connectivity index (χ0v) is 13.1. The predicted octanol–water partition coefficient (Wildman–Crippen LogP) is 3.28. The summed E-state index contributed by atoms with van der Waals surface area (Å²) in [6.07, 6.45) is 5.34. The van der Waals surface area contributed by atoms with Gasteiger partial charge in [-0.1, -0.05) is 25.1 Å². The molecular weight excluding hydrogens is 286 g/mol. The van der Waals surface area contributed by atoms with E-state index in [2.05, 4.69) is 21.5 Å². The van der Waals surface area contributed by atoms with Gasteiger partial charge in [0, 0.05) is 12.2 Å². The molecule has 2 unspecified atom stereocenters. The predicted molar refractivity (Wildman–Crippen MR) is 82.7 cm³/mol. The maximum Gasteiger partial charge on any atom is 0.313 e. The zero-order valence-electron chi connectivity index (χ0n) is 12.2. The molecule has 2 atom stereocenters. The third-order valence-corrected chi connectivity index (χ3v) is 4.89. The van der Waals surface area contributed by atoms with E-state index in [0.717, 1.165) is 28.3 Å². The van der Waals surface area contributed by atoms with Crippen LogP contribution in [0.3, 0.4) is 0 Å². The Hall–Kier alpha value is -1.56. The molecule has 0 amide bonds. The van der Waals surface area contributed by atoms with Crippen LogP contribution in [0.15, 0.2) is 17.4 Å². The monoisotopic (exact) mass is 305 g/mol. The minimum Gasteiger partial charge on any atom is -0.481 e. The van der Waals surface area contributed by atoms with E-state index in [-0.39, 0.29) is 5.75 Å². The lowest BCUT2D eigenvalue weighted by atomic mass is 10.2. The average molecular weight is 305 g/mol. The highest BCUT2D eigenvalue weighted by molar-refractivity contribution is 7.99. The quantitative estimate of drug-likeness (QED) is 0.830. The number of imidazole rings is 1. The first-order valence-corrected chi connectivity index (χ1v) is 8.28. The van der Waals surface area contributed by atoms with E-state index in [1.807, 2.05) is 13.0 Å². The highest BCUT2D eigenvalue weighted by atomic mass is 32.2. The van der Waals surface area contributed by atoms with Crippen molar-refractivity contribution in [2.75, 3.05) is 5.75 Å². The van der Waals surface area contributed by atoms with Gasteiger partial charge in [-0.05, 0) is 37.3 Å². The Balaban J connectivity index is 2.00. The topological polar surface area (TPSA) is 68.0 Å². The molecule has 2 aromatic rings. The second-order valence-electron chi connectivity index (χ2n) is 5.60. The van der Waals surface area contributed by atoms with E-state index < -0.39 is 5.97 Å². The number of carbonyl (C=O) groups is 1. The molecule has 1 aliphatic carbocycles. The second-order valence-corrected chi connectivity index (χ2v) is 6.54. The van der Waals surface area contributed by atoms with Crippen molar-refractivity contribution in [2.45, 2.75) is 44.3 Å². The van der Waals surface area contributed by atoms with Crippen molar-refractivity contribution in [3.63, 3.8) is 0 Å². The Labute approximate surface area is 127 Å². The number of pyridine rings is 1. The van der Waals surface area contributed by atoms with Crippen molar-refractivity contribution in [2.24, 2.45) is 5.92 Å². The summed E-state index contributed by atoms with van der Waals surface area (Å²) >= 11 is 1.29. The van der Waals surface area contributed by atoms with Crippen LogP contribution in [-0.2, 0) is 4.79 Å². The van der Waals surface area contributed by atoms with Crippen LogP contribution in [0, 0.1) is 12.8 Å². The van der Waals surface area contributed by atoms with Gasteiger partial charge in [0.2, 0.25) is 0 Å². The molecule has 0 radical (unpaired) electrons. The number of hydrogen-bond acceptors (Lipinski definition) is 4. The third kappa shape index (κ3) is 2.77. The van der Waals surface area contributed by atoms with Crippen LogP contribution in [0.5, 0.6) is 0 Å². The Morgan fingerprint density at radius 3 is 3.10 bits per heavy atom. The molecule has 0 saturated heterocycles. The number of aryl methyl sites for hydroxylation is 1. The first-order chi connectivity index (χ1) is 10.1. The fraction of sp³-hybridized carbons (Fsp3) is 0.533. The van der Waals surface area contributed by atoms with Crippen LogP contribution >= 0.6 is 11.8 Å². The molecule has 1 N–H and O–H groups in total. The maximum absolute atomic E-state index is 10.8. The number of aromatic nitrogens is 3. The van der Waals surface area contributed by atoms with Crippen molar-refractivity contribution in [1.29, 1.82) is 0 Å². The lowest BCUT2D eigenvalue weighted by Gasteiger charge is -2.07. The van der Waals surface area contributed by atoms with E-state index in [0.29, 0.717) is 12.0 Å². The SMILES string of the molecule is CCCC1CC1n1c(SCC(=O)O)nc2c(C)ccnc21. The molecule has 5 nitrogen and oxygen atoms in total. The fourth-order valence-electron chi connectivity index (χ4n) is 2.85. The van der Waals surface area contributed by atoms with E-state index in [9.17, 15) is 4.79 Å². The summed E-state index contributed by atoms with van der Waals surface area (Å²) < 4.78 is 2.16. The number of carboxylic acids is 1. The van der Waals surface area contributed by atoms with Crippen LogP contribution in [0.2, 0.25) is 0 Å². The molecule has 0 aromatic carbocycles. The molecule has 112 valence electrons. The summed E-state index contributed by atoms with van der Waals surface area (Å²) in [7, 11) is 0. The molecule has 0 aliphatic heterocycles. The number of hydrogen-bond donors (Lipinski definition) is 1. The number of carboxylic acid groups (broad SMARTS) is 1. The van der Waals surface area contributed by atoms with Crippen molar-refractivity contribution in [3.05, 3.63) is 17.8 Å². The summed E-state index contributed by atoms with van der Waals surface area (Å²) in [5, 5.41) is 9.70. The second kappa shape index (κ2) is 5.67. The Morgan fingerprint density at radius 2 is 2.38 bits per heavy atom. The first kappa shape index (κ1) is 14.4. The number of rotatable bonds is 6. The molecule has 6 heteroatoms. The highest BCUT2D eigenvalue weighted by Crippen LogP contribution is 2.49. The van der Waals surface area contributed by atoms with Crippen molar-refractivity contribution < 1.29 is 9.90 Å². The molecule has 1 fully saturated rings. The van der Waals surface area contributed by atoms with Crippen LogP contribution in [0.4, 0.5) is 0 Å². The average Bonchev–Trinajstić information content (AvgIpc) is 3.08. The standard InChI is InChI=1S/C15H19N3O2S/c1-3-4-10-7-11(10)18-14-13(9(2)5-6-16-14)17-15(18)21-8-12(19)20/h5-6,10-11H,3-4,7-8H2,1-2H3,(H,19,20). The number of fused-ring (bicyclic) bond motifs is 1. The number of aliphatic carboxylic acids is 1. The molecule has 3 rings (SSSR count). The van der Waals surface area contributed by atoms with Crippen molar-refractivity contribution in [3.8, 4) is 0 Å². The summed E-state index contributed by atoms with van der Waals surface area (Å²) in [4.78, 5) is 20.0. The van der Waals surface area contributed by atoms with Crippen molar-refractivity contribution in [1.82, 2.24) is 14.5 Å².